The third-order valence-electron chi connectivity index (χ3n) is 2.25. The molecule has 1 unspecified atom stereocenters. The van der Waals surface area contributed by atoms with Crippen LogP contribution in [-0.4, -0.2) is 26.1 Å². The fourth-order valence-corrected chi connectivity index (χ4v) is 2.90. The Bertz CT molecular complexity index is 353. The van der Waals surface area contributed by atoms with Gasteiger partial charge in [-0.05, 0) is 39.8 Å². The number of hydrogen-bond acceptors (Lipinski definition) is 4. The summed E-state index contributed by atoms with van der Waals surface area (Å²) < 4.78 is 22.5. The number of hydrogen-bond donors (Lipinski definition) is 0. The van der Waals surface area contributed by atoms with Gasteiger partial charge in [-0.3, -0.25) is 0 Å². The van der Waals surface area contributed by atoms with Gasteiger partial charge in [0.2, 0.25) is 8.38 Å². The summed E-state index contributed by atoms with van der Waals surface area (Å²) in [5.41, 5.74) is 0. The SMILES string of the molecule is CCOC(C)Oc1ccccc1P(OCC)OCC. The Kier molecular flexibility index (Phi) is 7.99. The molecule has 0 saturated carbocycles. The van der Waals surface area contributed by atoms with E-state index in [1.165, 1.54) is 0 Å². The van der Waals surface area contributed by atoms with E-state index in [4.69, 9.17) is 18.5 Å². The summed E-state index contributed by atoms with van der Waals surface area (Å²) in [5, 5.41) is 0.952. The van der Waals surface area contributed by atoms with Crippen molar-refractivity contribution < 1.29 is 18.5 Å². The maximum atomic E-state index is 5.79. The van der Waals surface area contributed by atoms with Crippen LogP contribution in [0, 0.1) is 0 Å². The second-order valence-electron chi connectivity index (χ2n) is 3.70. The van der Waals surface area contributed by atoms with Gasteiger partial charge in [0.05, 0.1) is 18.5 Å². The van der Waals surface area contributed by atoms with Gasteiger partial charge < -0.3 is 18.5 Å². The molecule has 0 saturated heterocycles. The summed E-state index contributed by atoms with van der Waals surface area (Å²) in [5.74, 6) is 0.761. The molecule has 4 nitrogen and oxygen atoms in total. The molecule has 0 bridgehead atoms. The summed E-state index contributed by atoms with van der Waals surface area (Å²) in [4.78, 5) is 0. The number of rotatable bonds is 9. The molecular weight excluding hydrogens is 263 g/mol. The maximum absolute atomic E-state index is 5.79. The molecular formula is C14H23O4P. The number of ether oxygens (including phenoxy) is 2. The van der Waals surface area contributed by atoms with Crippen LogP contribution in [0.25, 0.3) is 0 Å². The number of benzene rings is 1. The van der Waals surface area contributed by atoms with Gasteiger partial charge in [-0.1, -0.05) is 12.1 Å². The van der Waals surface area contributed by atoms with E-state index >= 15 is 0 Å². The zero-order chi connectivity index (χ0) is 14.1. The van der Waals surface area contributed by atoms with Crippen molar-refractivity contribution >= 4 is 13.7 Å². The van der Waals surface area contributed by atoms with Gasteiger partial charge in [0.25, 0.3) is 0 Å². The molecule has 1 rings (SSSR count). The van der Waals surface area contributed by atoms with Crippen LogP contribution in [0.3, 0.4) is 0 Å². The minimum atomic E-state index is -1.10. The smallest absolute Gasteiger partial charge is 0.208 e. The van der Waals surface area contributed by atoms with Crippen LogP contribution in [0.1, 0.15) is 27.7 Å². The Labute approximate surface area is 116 Å². The van der Waals surface area contributed by atoms with Gasteiger partial charge in [0.15, 0.2) is 6.29 Å². The van der Waals surface area contributed by atoms with Crippen molar-refractivity contribution in [1.29, 1.82) is 0 Å². The predicted molar refractivity (Wildman–Crippen MR) is 78.0 cm³/mol. The molecule has 0 heterocycles. The molecule has 0 aliphatic carbocycles. The summed E-state index contributed by atoms with van der Waals surface area (Å²) in [7, 11) is -1.10. The molecule has 108 valence electrons. The first kappa shape index (κ1) is 16.4. The van der Waals surface area contributed by atoms with Crippen LogP contribution in [0.15, 0.2) is 24.3 Å². The normalized spacial score (nSPS) is 12.7. The third-order valence-corrected chi connectivity index (χ3v) is 4.00. The van der Waals surface area contributed by atoms with Crippen molar-refractivity contribution in [3.63, 3.8) is 0 Å². The first-order valence-corrected chi connectivity index (χ1v) is 7.83. The van der Waals surface area contributed by atoms with Gasteiger partial charge in [-0.15, -0.1) is 0 Å². The highest BCUT2D eigenvalue weighted by Gasteiger charge is 2.19. The molecule has 1 aromatic carbocycles. The highest BCUT2D eigenvalue weighted by atomic mass is 31.2. The fraction of sp³-hybridized carbons (Fsp3) is 0.571. The molecule has 0 fully saturated rings. The summed E-state index contributed by atoms with van der Waals surface area (Å²) in [6.45, 7) is 9.58. The third kappa shape index (κ3) is 5.45. The van der Waals surface area contributed by atoms with Crippen LogP contribution >= 0.6 is 8.38 Å². The monoisotopic (exact) mass is 286 g/mol. The van der Waals surface area contributed by atoms with Crippen LogP contribution in [0.2, 0.25) is 0 Å². The quantitative estimate of drug-likeness (QED) is 0.514. The summed E-state index contributed by atoms with van der Waals surface area (Å²) in [6, 6.07) is 7.78. The molecule has 0 aliphatic heterocycles. The molecule has 19 heavy (non-hydrogen) atoms. The van der Waals surface area contributed by atoms with Gasteiger partial charge in [-0.25, -0.2) is 0 Å². The van der Waals surface area contributed by atoms with E-state index in [0.29, 0.717) is 19.8 Å². The molecule has 0 aromatic heterocycles. The van der Waals surface area contributed by atoms with Gasteiger partial charge in [0.1, 0.15) is 5.75 Å². The van der Waals surface area contributed by atoms with Crippen molar-refractivity contribution in [2.45, 2.75) is 34.0 Å². The Morgan fingerprint density at radius 1 is 1.00 bits per heavy atom. The Balaban J connectivity index is 2.85. The standard InChI is InChI=1S/C14H23O4P/c1-5-15-12(4)18-13-10-8-9-11-14(13)19(16-6-2)17-7-3/h8-12H,5-7H2,1-4H3. The Hall–Kier alpha value is -0.670. The van der Waals surface area contributed by atoms with Crippen molar-refractivity contribution in [3.8, 4) is 5.75 Å². The minimum Gasteiger partial charge on any atom is -0.464 e. The second kappa shape index (κ2) is 9.27. The lowest BCUT2D eigenvalue weighted by Crippen LogP contribution is -2.20. The molecule has 1 atom stereocenters. The molecule has 1 aromatic rings. The topological polar surface area (TPSA) is 36.9 Å². The molecule has 0 radical (unpaired) electrons. The van der Waals surface area contributed by atoms with Crippen molar-refractivity contribution in [2.75, 3.05) is 19.8 Å². The molecule has 0 spiro atoms. The van der Waals surface area contributed by atoms with Crippen molar-refractivity contribution in [3.05, 3.63) is 24.3 Å². The van der Waals surface area contributed by atoms with E-state index in [-0.39, 0.29) is 6.29 Å². The zero-order valence-electron chi connectivity index (χ0n) is 12.1. The molecule has 0 N–H and O–H groups in total. The van der Waals surface area contributed by atoms with Crippen LogP contribution in [0.5, 0.6) is 5.75 Å². The van der Waals surface area contributed by atoms with Crippen molar-refractivity contribution in [1.82, 2.24) is 0 Å². The van der Waals surface area contributed by atoms with Crippen molar-refractivity contribution in [2.24, 2.45) is 0 Å². The molecule has 0 amide bonds. The second-order valence-corrected chi connectivity index (χ2v) is 5.21. The van der Waals surface area contributed by atoms with E-state index in [9.17, 15) is 0 Å². The number of para-hydroxylation sites is 1. The fourth-order valence-electron chi connectivity index (χ4n) is 1.57. The average Bonchev–Trinajstić information content (AvgIpc) is 2.39. The lowest BCUT2D eigenvalue weighted by atomic mass is 10.3. The Morgan fingerprint density at radius 3 is 2.21 bits per heavy atom. The van der Waals surface area contributed by atoms with Crippen LogP contribution in [0.4, 0.5) is 0 Å². The van der Waals surface area contributed by atoms with E-state index < -0.39 is 8.38 Å². The maximum Gasteiger partial charge on any atom is 0.208 e. The zero-order valence-corrected chi connectivity index (χ0v) is 13.0. The van der Waals surface area contributed by atoms with Gasteiger partial charge in [-0.2, -0.15) is 0 Å². The average molecular weight is 286 g/mol. The van der Waals surface area contributed by atoms with E-state index in [2.05, 4.69) is 0 Å². The summed E-state index contributed by atoms with van der Waals surface area (Å²) in [6.07, 6.45) is -0.286. The molecule has 0 aliphatic rings. The van der Waals surface area contributed by atoms with Crippen LogP contribution in [-0.2, 0) is 13.8 Å². The first-order chi connectivity index (χ1) is 9.22. The van der Waals surface area contributed by atoms with Gasteiger partial charge >= 0.3 is 0 Å². The molecule has 5 heteroatoms. The predicted octanol–water partition coefficient (Wildman–Crippen LogP) is 3.46. The first-order valence-electron chi connectivity index (χ1n) is 6.66. The lowest BCUT2D eigenvalue weighted by Gasteiger charge is -2.21. The Morgan fingerprint density at radius 2 is 1.63 bits per heavy atom. The van der Waals surface area contributed by atoms with E-state index in [0.717, 1.165) is 11.1 Å². The van der Waals surface area contributed by atoms with Gasteiger partial charge in [0, 0.05) is 6.61 Å². The summed E-state index contributed by atoms with van der Waals surface area (Å²) >= 11 is 0. The van der Waals surface area contributed by atoms with Crippen LogP contribution < -0.4 is 10.0 Å². The van der Waals surface area contributed by atoms with E-state index in [1.54, 1.807) is 0 Å². The minimum absolute atomic E-state index is 0.286. The lowest BCUT2D eigenvalue weighted by molar-refractivity contribution is -0.0608. The highest BCUT2D eigenvalue weighted by molar-refractivity contribution is 7.56. The largest absolute Gasteiger partial charge is 0.464 e. The highest BCUT2D eigenvalue weighted by Crippen LogP contribution is 2.40. The van der Waals surface area contributed by atoms with E-state index in [1.807, 2.05) is 52.0 Å².